The van der Waals surface area contributed by atoms with E-state index in [9.17, 15) is 0 Å². The topological polar surface area (TPSA) is 48.8 Å². The Kier molecular flexibility index (Phi) is 7.24. The second-order valence-electron chi connectivity index (χ2n) is 15.7. The maximum atomic E-state index is 6.84. The van der Waals surface area contributed by atoms with Gasteiger partial charge in [-0.1, -0.05) is 127 Å². The van der Waals surface area contributed by atoms with E-state index < -0.39 is 0 Å². The minimum atomic E-state index is 0.701. The summed E-state index contributed by atoms with van der Waals surface area (Å²) in [5, 5.41) is 7.94. The molecule has 61 heavy (non-hydrogen) atoms. The molecule has 0 saturated heterocycles. The molecule has 0 radical (unpaired) electrons. The monoisotopic (exact) mass is 778 g/mol. The number of furan rings is 1. The summed E-state index contributed by atoms with van der Waals surface area (Å²) in [6, 6.07) is 73.0. The van der Waals surface area contributed by atoms with E-state index in [1.165, 1.54) is 27.3 Å². The molecule has 0 unspecified atom stereocenters. The third-order valence-corrected chi connectivity index (χ3v) is 12.3. The Bertz CT molecular complexity index is 3840. The van der Waals surface area contributed by atoms with Gasteiger partial charge in [-0.3, -0.25) is 0 Å². The Hall–Kier alpha value is -8.28. The SMILES string of the molecule is c1ccc(-c2ccc(-n3c4ccc5c6ccccc6oc5c4c4c5c6ccccc6n(-c6ccc(-c7nc(-c8ccccc8)c8ccccc8n7)cc6)c5ccc43)cc2)cc1. The lowest BCUT2D eigenvalue weighted by molar-refractivity contribution is 0.673. The van der Waals surface area contributed by atoms with Crippen molar-refractivity contribution in [3.8, 4) is 45.1 Å². The molecule has 13 rings (SSSR count). The predicted octanol–water partition coefficient (Wildman–Crippen LogP) is 14.7. The normalized spacial score (nSPS) is 11.9. The highest BCUT2D eigenvalue weighted by Gasteiger charge is 2.24. The third-order valence-electron chi connectivity index (χ3n) is 12.3. The van der Waals surface area contributed by atoms with Crippen LogP contribution in [-0.4, -0.2) is 19.1 Å². The van der Waals surface area contributed by atoms with Crippen molar-refractivity contribution in [1.29, 1.82) is 0 Å². The van der Waals surface area contributed by atoms with Crippen LogP contribution in [0, 0.1) is 0 Å². The van der Waals surface area contributed by atoms with E-state index in [0.29, 0.717) is 5.82 Å². The molecule has 0 aliphatic rings. The number of benzene rings is 9. The van der Waals surface area contributed by atoms with E-state index in [2.05, 4.69) is 191 Å². The molecule has 9 aromatic carbocycles. The molecule has 0 atom stereocenters. The summed E-state index contributed by atoms with van der Waals surface area (Å²) < 4.78 is 11.6. The van der Waals surface area contributed by atoms with Crippen molar-refractivity contribution in [1.82, 2.24) is 19.1 Å². The van der Waals surface area contributed by atoms with Gasteiger partial charge in [-0.25, -0.2) is 9.97 Å². The minimum absolute atomic E-state index is 0.701. The zero-order chi connectivity index (χ0) is 40.0. The van der Waals surface area contributed by atoms with Gasteiger partial charge in [0.25, 0.3) is 0 Å². The van der Waals surface area contributed by atoms with E-state index in [1.807, 2.05) is 24.3 Å². The zero-order valence-corrected chi connectivity index (χ0v) is 32.8. The maximum absolute atomic E-state index is 6.84. The molecule has 4 aromatic heterocycles. The first-order chi connectivity index (χ1) is 30.3. The Balaban J connectivity index is 1.04. The lowest BCUT2D eigenvalue weighted by atomic mass is 10.0. The Morgan fingerprint density at radius 3 is 1.62 bits per heavy atom. The zero-order valence-electron chi connectivity index (χ0n) is 32.8. The van der Waals surface area contributed by atoms with Crippen LogP contribution in [0.15, 0.2) is 211 Å². The molecule has 0 saturated carbocycles. The predicted molar refractivity (Wildman–Crippen MR) is 252 cm³/mol. The van der Waals surface area contributed by atoms with Crippen LogP contribution >= 0.6 is 0 Å². The Morgan fingerprint density at radius 2 is 0.869 bits per heavy atom. The highest BCUT2D eigenvalue weighted by atomic mass is 16.3. The van der Waals surface area contributed by atoms with Crippen molar-refractivity contribution in [3.63, 3.8) is 0 Å². The first kappa shape index (κ1) is 33.7. The van der Waals surface area contributed by atoms with Crippen LogP contribution in [0.4, 0.5) is 0 Å². The quantitative estimate of drug-likeness (QED) is 0.175. The van der Waals surface area contributed by atoms with Crippen molar-refractivity contribution in [3.05, 3.63) is 206 Å². The van der Waals surface area contributed by atoms with E-state index in [4.69, 9.17) is 14.4 Å². The summed E-state index contributed by atoms with van der Waals surface area (Å²) in [4.78, 5) is 10.2. The van der Waals surface area contributed by atoms with Gasteiger partial charge in [-0.05, 0) is 90.0 Å². The fraction of sp³-hybridized carbons (Fsp3) is 0. The fourth-order valence-corrected chi connectivity index (χ4v) is 9.60. The lowest BCUT2D eigenvalue weighted by Crippen LogP contribution is -1.97. The van der Waals surface area contributed by atoms with Gasteiger partial charge < -0.3 is 13.6 Å². The molecule has 0 spiro atoms. The molecule has 5 nitrogen and oxygen atoms in total. The standard InChI is InChI=1S/C56H34N4O/c1-3-13-35(14-4-1)36-23-27-40(28-24-36)60-48-34-33-47-51(52(48)53-49(60)32-31-42-41-17-9-12-22-50(41)61-55(42)53)44-19-8-11-21-46(44)59(47)39-29-25-38(26-30-39)56-57-45-20-10-7-18-43(45)54(58-56)37-15-5-2-6-16-37/h1-34H. The van der Waals surface area contributed by atoms with Crippen molar-refractivity contribution in [2.45, 2.75) is 0 Å². The van der Waals surface area contributed by atoms with Crippen molar-refractivity contribution >= 4 is 76.5 Å². The number of aromatic nitrogens is 4. The number of fused-ring (bicyclic) bond motifs is 12. The van der Waals surface area contributed by atoms with Crippen molar-refractivity contribution in [2.75, 3.05) is 0 Å². The average molecular weight is 779 g/mol. The molecule has 13 aromatic rings. The van der Waals surface area contributed by atoms with Crippen LogP contribution in [-0.2, 0) is 0 Å². The fourth-order valence-electron chi connectivity index (χ4n) is 9.60. The highest BCUT2D eigenvalue weighted by Crippen LogP contribution is 2.46. The Labute approximate surface area is 350 Å². The molecule has 4 heterocycles. The van der Waals surface area contributed by atoms with Gasteiger partial charge in [0.1, 0.15) is 11.2 Å². The summed E-state index contributed by atoms with van der Waals surface area (Å²) in [5.41, 5.74) is 14.7. The molecular formula is C56H34N4O. The molecule has 0 bridgehead atoms. The van der Waals surface area contributed by atoms with E-state index in [1.54, 1.807) is 0 Å². The first-order valence-electron chi connectivity index (χ1n) is 20.7. The molecular weight excluding hydrogens is 745 g/mol. The molecule has 5 heteroatoms. The molecule has 0 aliphatic heterocycles. The molecule has 284 valence electrons. The largest absolute Gasteiger partial charge is 0.455 e. The molecule has 0 fully saturated rings. The summed E-state index contributed by atoms with van der Waals surface area (Å²) >= 11 is 0. The smallest absolute Gasteiger partial charge is 0.160 e. The van der Waals surface area contributed by atoms with Gasteiger partial charge in [0.05, 0.1) is 38.7 Å². The second-order valence-corrected chi connectivity index (χ2v) is 15.7. The summed E-state index contributed by atoms with van der Waals surface area (Å²) in [6.45, 7) is 0. The average Bonchev–Trinajstić information content (AvgIpc) is 3.99. The second kappa shape index (κ2) is 13.1. The number of rotatable bonds is 5. The summed E-state index contributed by atoms with van der Waals surface area (Å²) in [6.07, 6.45) is 0. The van der Waals surface area contributed by atoms with E-state index in [0.717, 1.165) is 88.5 Å². The van der Waals surface area contributed by atoms with Crippen molar-refractivity contribution < 1.29 is 4.42 Å². The van der Waals surface area contributed by atoms with Gasteiger partial charge in [0.15, 0.2) is 5.82 Å². The Morgan fingerprint density at radius 1 is 0.328 bits per heavy atom. The highest BCUT2D eigenvalue weighted by molar-refractivity contribution is 6.34. The number of hydrogen-bond acceptors (Lipinski definition) is 3. The van der Waals surface area contributed by atoms with E-state index >= 15 is 0 Å². The van der Waals surface area contributed by atoms with Gasteiger partial charge in [-0.15, -0.1) is 0 Å². The van der Waals surface area contributed by atoms with Crippen LogP contribution in [0.1, 0.15) is 0 Å². The van der Waals surface area contributed by atoms with Crippen LogP contribution in [0.5, 0.6) is 0 Å². The van der Waals surface area contributed by atoms with E-state index in [-0.39, 0.29) is 0 Å². The van der Waals surface area contributed by atoms with Crippen molar-refractivity contribution in [2.24, 2.45) is 0 Å². The van der Waals surface area contributed by atoms with Gasteiger partial charge >= 0.3 is 0 Å². The minimum Gasteiger partial charge on any atom is -0.455 e. The van der Waals surface area contributed by atoms with Gasteiger partial charge in [0.2, 0.25) is 0 Å². The number of hydrogen-bond donors (Lipinski definition) is 0. The van der Waals surface area contributed by atoms with Crippen LogP contribution in [0.3, 0.4) is 0 Å². The van der Waals surface area contributed by atoms with Gasteiger partial charge in [-0.2, -0.15) is 0 Å². The number of nitrogens with zero attached hydrogens (tertiary/aromatic N) is 4. The van der Waals surface area contributed by atoms with Crippen LogP contribution < -0.4 is 0 Å². The molecule has 0 aliphatic carbocycles. The van der Waals surface area contributed by atoms with Gasteiger partial charge in [0, 0.05) is 54.8 Å². The molecule has 0 N–H and O–H groups in total. The van der Waals surface area contributed by atoms with Crippen LogP contribution in [0.25, 0.3) is 122 Å². The summed E-state index contributed by atoms with van der Waals surface area (Å²) in [7, 11) is 0. The molecule has 0 amide bonds. The summed E-state index contributed by atoms with van der Waals surface area (Å²) in [5.74, 6) is 0.701. The third kappa shape index (κ3) is 5.08. The first-order valence-corrected chi connectivity index (χ1v) is 20.7. The maximum Gasteiger partial charge on any atom is 0.160 e. The lowest BCUT2D eigenvalue weighted by Gasteiger charge is -2.11. The van der Waals surface area contributed by atoms with Crippen LogP contribution in [0.2, 0.25) is 0 Å². The number of para-hydroxylation sites is 3.